The molecule has 1 aliphatic carbocycles. The van der Waals surface area contributed by atoms with Gasteiger partial charge in [-0.2, -0.15) is 0 Å². The molecule has 5 heteroatoms. The molecule has 0 aromatic heterocycles. The third-order valence-corrected chi connectivity index (χ3v) is 5.57. The minimum atomic E-state index is -0.854. The van der Waals surface area contributed by atoms with Crippen molar-refractivity contribution in [2.24, 2.45) is 5.92 Å². The van der Waals surface area contributed by atoms with E-state index in [2.05, 4.69) is 10.2 Å². The monoisotopic (exact) mass is 350 g/mol. The topological polar surface area (TPSA) is 32.3 Å². The maximum atomic E-state index is 13.2. The molecule has 0 radical (unpaired) electrons. The van der Waals surface area contributed by atoms with Gasteiger partial charge in [0.2, 0.25) is 5.91 Å². The van der Waals surface area contributed by atoms with Gasteiger partial charge in [0.05, 0.1) is 0 Å². The predicted octanol–water partition coefficient (Wildman–Crippen LogP) is 3.67. The quantitative estimate of drug-likeness (QED) is 0.849. The van der Waals surface area contributed by atoms with Crippen LogP contribution in [0.1, 0.15) is 50.5 Å². The Morgan fingerprint density at radius 3 is 2.48 bits per heavy atom. The van der Waals surface area contributed by atoms with E-state index in [1.54, 1.807) is 0 Å². The van der Waals surface area contributed by atoms with Crippen molar-refractivity contribution < 1.29 is 13.6 Å². The van der Waals surface area contributed by atoms with Crippen LogP contribution in [0, 0.1) is 17.6 Å². The van der Waals surface area contributed by atoms with Gasteiger partial charge in [0.25, 0.3) is 0 Å². The van der Waals surface area contributed by atoms with Crippen molar-refractivity contribution in [1.82, 2.24) is 10.2 Å². The third-order valence-electron chi connectivity index (χ3n) is 5.57. The maximum absolute atomic E-state index is 13.2. The molecule has 0 spiro atoms. The number of hydrogen-bond donors (Lipinski definition) is 1. The number of likely N-dealkylation sites (tertiary alicyclic amines) is 1. The fourth-order valence-electron chi connectivity index (χ4n) is 4.07. The molecule has 3 rings (SSSR count). The van der Waals surface area contributed by atoms with Crippen molar-refractivity contribution in [1.29, 1.82) is 0 Å². The third kappa shape index (κ3) is 5.50. The molecule has 138 valence electrons. The van der Waals surface area contributed by atoms with Crippen molar-refractivity contribution in [2.75, 3.05) is 19.6 Å². The van der Waals surface area contributed by atoms with Crippen molar-refractivity contribution in [3.63, 3.8) is 0 Å². The van der Waals surface area contributed by atoms with E-state index in [4.69, 9.17) is 0 Å². The number of nitrogens with zero attached hydrogens (tertiary/aromatic N) is 1. The highest BCUT2D eigenvalue weighted by Gasteiger charge is 2.24. The zero-order valence-electron chi connectivity index (χ0n) is 14.8. The van der Waals surface area contributed by atoms with Gasteiger partial charge in [-0.3, -0.25) is 4.79 Å². The number of nitrogens with one attached hydrogen (secondary N) is 1. The predicted molar refractivity (Wildman–Crippen MR) is 94.2 cm³/mol. The Morgan fingerprint density at radius 1 is 1.08 bits per heavy atom. The summed E-state index contributed by atoms with van der Waals surface area (Å²) in [7, 11) is 0. The second-order valence-corrected chi connectivity index (χ2v) is 7.54. The molecule has 0 atom stereocenters. The first-order chi connectivity index (χ1) is 12.1. The number of carbonyl (C=O) groups excluding carboxylic acids is 1. The lowest BCUT2D eigenvalue weighted by Gasteiger charge is -2.33. The summed E-state index contributed by atoms with van der Waals surface area (Å²) in [6.07, 6.45) is 8.27. The zero-order valence-corrected chi connectivity index (χ0v) is 14.8. The number of amides is 1. The summed E-state index contributed by atoms with van der Waals surface area (Å²) < 4.78 is 26.1. The first-order valence-electron chi connectivity index (χ1n) is 9.56. The molecule has 1 N–H and O–H groups in total. The average Bonchev–Trinajstić information content (AvgIpc) is 3.11. The number of benzene rings is 1. The van der Waals surface area contributed by atoms with E-state index >= 15 is 0 Å². The van der Waals surface area contributed by atoms with Crippen molar-refractivity contribution in [3.05, 3.63) is 35.4 Å². The van der Waals surface area contributed by atoms with Crippen LogP contribution in [0.3, 0.4) is 0 Å². The van der Waals surface area contributed by atoms with E-state index in [0.29, 0.717) is 18.4 Å². The van der Waals surface area contributed by atoms with Gasteiger partial charge in [-0.05, 0) is 55.7 Å². The average molecular weight is 350 g/mol. The van der Waals surface area contributed by atoms with Crippen LogP contribution >= 0.6 is 0 Å². The number of rotatable bonds is 6. The molecule has 1 heterocycles. The van der Waals surface area contributed by atoms with Crippen LogP contribution in [0.5, 0.6) is 0 Å². The lowest BCUT2D eigenvalue weighted by Crippen LogP contribution is -2.45. The molecule has 1 aromatic carbocycles. The minimum absolute atomic E-state index is 0.000948. The Kier molecular flexibility index (Phi) is 6.40. The number of piperidine rings is 1. The van der Waals surface area contributed by atoms with Gasteiger partial charge in [0.15, 0.2) is 11.6 Å². The lowest BCUT2D eigenvalue weighted by molar-refractivity contribution is -0.122. The molecular weight excluding hydrogens is 322 g/mol. The Morgan fingerprint density at radius 2 is 1.80 bits per heavy atom. The summed E-state index contributed by atoms with van der Waals surface area (Å²) in [5.74, 6) is -0.827. The van der Waals surface area contributed by atoms with Gasteiger partial charge in [-0.1, -0.05) is 18.9 Å². The van der Waals surface area contributed by atoms with Crippen LogP contribution < -0.4 is 5.32 Å². The minimum Gasteiger partial charge on any atom is -0.353 e. The van der Waals surface area contributed by atoms with Gasteiger partial charge in [0.1, 0.15) is 0 Å². The first kappa shape index (κ1) is 18.3. The largest absolute Gasteiger partial charge is 0.353 e. The molecule has 2 aliphatic rings. The Bertz CT molecular complexity index is 579. The molecule has 3 nitrogen and oxygen atoms in total. The molecule has 0 bridgehead atoms. The molecule has 1 saturated heterocycles. The molecule has 2 fully saturated rings. The summed E-state index contributed by atoms with van der Waals surface area (Å²) in [6.45, 7) is 3.34. The summed E-state index contributed by atoms with van der Waals surface area (Å²) in [4.78, 5) is 14.6. The highest BCUT2D eigenvalue weighted by molar-refractivity contribution is 5.76. The van der Waals surface area contributed by atoms with Gasteiger partial charge in [-0.15, -0.1) is 0 Å². The number of hydrogen-bond acceptors (Lipinski definition) is 2. The van der Waals surface area contributed by atoms with Crippen molar-refractivity contribution >= 4 is 5.91 Å². The highest BCUT2D eigenvalue weighted by atomic mass is 19.2. The standard InChI is InChI=1S/C20H28F2N2O/c21-18-7-5-15(13-19(18)22)6-8-20(25)23-17-9-11-24(12-10-17)14-16-3-1-2-4-16/h5,7,13,16-17H,1-4,6,8-12,14H2,(H,23,25). The van der Waals surface area contributed by atoms with Crippen LogP contribution in [-0.2, 0) is 11.2 Å². The van der Waals surface area contributed by atoms with E-state index in [-0.39, 0.29) is 11.9 Å². The van der Waals surface area contributed by atoms with Crippen LogP contribution in [0.4, 0.5) is 8.78 Å². The lowest BCUT2D eigenvalue weighted by atomic mass is 10.0. The second kappa shape index (κ2) is 8.75. The molecule has 0 unspecified atom stereocenters. The first-order valence-corrected chi connectivity index (χ1v) is 9.56. The number of carbonyl (C=O) groups is 1. The SMILES string of the molecule is O=C(CCc1ccc(F)c(F)c1)NC1CCN(CC2CCCC2)CC1. The molecule has 1 saturated carbocycles. The Labute approximate surface area is 148 Å². The molecule has 1 aromatic rings. The molecule has 1 amide bonds. The normalized spacial score (nSPS) is 20.1. The van der Waals surface area contributed by atoms with Gasteiger partial charge < -0.3 is 10.2 Å². The van der Waals surface area contributed by atoms with E-state index < -0.39 is 11.6 Å². The smallest absolute Gasteiger partial charge is 0.220 e. The molecule has 1 aliphatic heterocycles. The molecule has 25 heavy (non-hydrogen) atoms. The summed E-state index contributed by atoms with van der Waals surface area (Å²) >= 11 is 0. The fraction of sp³-hybridized carbons (Fsp3) is 0.650. The van der Waals surface area contributed by atoms with Crippen LogP contribution in [-0.4, -0.2) is 36.5 Å². The van der Waals surface area contributed by atoms with E-state index in [0.717, 1.165) is 37.9 Å². The van der Waals surface area contributed by atoms with Crippen LogP contribution in [0.15, 0.2) is 18.2 Å². The second-order valence-electron chi connectivity index (χ2n) is 7.54. The summed E-state index contributed by atoms with van der Waals surface area (Å²) in [6, 6.07) is 4.07. The Hall–Kier alpha value is -1.49. The van der Waals surface area contributed by atoms with Crippen molar-refractivity contribution in [2.45, 2.75) is 57.4 Å². The summed E-state index contributed by atoms with van der Waals surface area (Å²) in [5, 5.41) is 3.10. The van der Waals surface area contributed by atoms with Crippen LogP contribution in [0.2, 0.25) is 0 Å². The molecular formula is C20H28F2N2O. The number of halogens is 2. The van der Waals surface area contributed by atoms with E-state index in [9.17, 15) is 13.6 Å². The Balaban J connectivity index is 1.35. The van der Waals surface area contributed by atoms with Crippen LogP contribution in [0.25, 0.3) is 0 Å². The summed E-state index contributed by atoms with van der Waals surface area (Å²) in [5.41, 5.74) is 0.653. The van der Waals surface area contributed by atoms with E-state index in [1.807, 2.05) is 0 Å². The maximum Gasteiger partial charge on any atom is 0.220 e. The van der Waals surface area contributed by atoms with Gasteiger partial charge >= 0.3 is 0 Å². The fourth-order valence-corrected chi connectivity index (χ4v) is 4.07. The van der Waals surface area contributed by atoms with E-state index in [1.165, 1.54) is 44.4 Å². The number of aryl methyl sites for hydroxylation is 1. The highest BCUT2D eigenvalue weighted by Crippen LogP contribution is 2.26. The van der Waals surface area contributed by atoms with Gasteiger partial charge in [-0.25, -0.2) is 8.78 Å². The van der Waals surface area contributed by atoms with Crippen molar-refractivity contribution in [3.8, 4) is 0 Å². The van der Waals surface area contributed by atoms with Gasteiger partial charge in [0, 0.05) is 32.1 Å². The zero-order chi connectivity index (χ0) is 17.6.